The van der Waals surface area contributed by atoms with E-state index in [9.17, 15) is 9.90 Å². The van der Waals surface area contributed by atoms with E-state index in [1.54, 1.807) is 0 Å². The van der Waals surface area contributed by atoms with Gasteiger partial charge in [0, 0.05) is 5.97 Å². The zero-order chi connectivity index (χ0) is 8.10. The van der Waals surface area contributed by atoms with Gasteiger partial charge in [-0.1, -0.05) is 30.3 Å². The topological polar surface area (TPSA) is 40.1 Å². The molecule has 0 unspecified atom stereocenters. The molecule has 12 heavy (non-hydrogen) atoms. The molecule has 0 aliphatic rings. The molecule has 0 spiro atoms. The Morgan fingerprint density at radius 2 is 1.83 bits per heavy atom. The summed E-state index contributed by atoms with van der Waals surface area (Å²) in [5.74, 6) is -0.992. The molecule has 1 aromatic rings. The van der Waals surface area contributed by atoms with Gasteiger partial charge in [-0.15, -0.1) is 0 Å². The van der Waals surface area contributed by atoms with Crippen molar-refractivity contribution in [3.8, 4) is 0 Å². The molecule has 0 fully saturated rings. The second-order valence-electron chi connectivity index (χ2n) is 2.36. The smallest absolute Gasteiger partial charge is 0.550 e. The monoisotopic (exact) mass is 256 g/mol. The van der Waals surface area contributed by atoms with E-state index in [0.29, 0.717) is 6.42 Å². The van der Waals surface area contributed by atoms with Crippen molar-refractivity contribution >= 4 is 5.97 Å². The summed E-state index contributed by atoms with van der Waals surface area (Å²) in [5.41, 5.74) is 1.04. The molecular weight excluding hydrogens is 248 g/mol. The van der Waals surface area contributed by atoms with Crippen LogP contribution in [0.3, 0.4) is 0 Å². The number of benzene rings is 1. The van der Waals surface area contributed by atoms with Gasteiger partial charge in [-0.2, -0.15) is 0 Å². The number of carbonyl (C=O) groups excluding carboxylic acids is 1. The van der Waals surface area contributed by atoms with E-state index in [0.717, 1.165) is 5.56 Å². The molecule has 0 heterocycles. The molecule has 0 saturated heterocycles. The molecule has 0 saturated carbocycles. The Morgan fingerprint density at radius 1 is 1.25 bits per heavy atom. The fourth-order valence-electron chi connectivity index (χ4n) is 0.891. The minimum atomic E-state index is -0.992. The maximum absolute atomic E-state index is 10.1. The average Bonchev–Trinajstić information content (AvgIpc) is 2.03. The van der Waals surface area contributed by atoms with Crippen LogP contribution in [0.4, 0.5) is 0 Å². The maximum atomic E-state index is 10.1. The summed E-state index contributed by atoms with van der Waals surface area (Å²) >= 11 is 0. The van der Waals surface area contributed by atoms with Crippen LogP contribution in [0.15, 0.2) is 30.3 Å². The van der Waals surface area contributed by atoms with Crippen molar-refractivity contribution in [2.24, 2.45) is 0 Å². The normalized spacial score (nSPS) is 8.67. The summed E-state index contributed by atoms with van der Waals surface area (Å²) in [7, 11) is 0. The predicted octanol–water partition coefficient (Wildman–Crippen LogP) is 0.367. The third-order valence-corrected chi connectivity index (χ3v) is 1.46. The first-order chi connectivity index (χ1) is 5.29. The molecule has 0 N–H and O–H groups in total. The van der Waals surface area contributed by atoms with Crippen LogP contribution in [0, 0.1) is 0 Å². The van der Waals surface area contributed by atoms with E-state index in [1.807, 2.05) is 30.3 Å². The Morgan fingerprint density at radius 3 is 2.33 bits per heavy atom. The number of carbonyl (C=O) groups is 1. The average molecular weight is 257 g/mol. The van der Waals surface area contributed by atoms with Gasteiger partial charge in [0.1, 0.15) is 0 Å². The van der Waals surface area contributed by atoms with E-state index >= 15 is 0 Å². The molecule has 0 aromatic heterocycles. The molecule has 1 rings (SSSR count). The van der Waals surface area contributed by atoms with Gasteiger partial charge in [0.05, 0.1) is 0 Å². The van der Waals surface area contributed by atoms with Crippen molar-refractivity contribution in [2.75, 3.05) is 0 Å². The van der Waals surface area contributed by atoms with E-state index in [1.165, 1.54) is 0 Å². The first-order valence-electron chi connectivity index (χ1n) is 3.53. The van der Waals surface area contributed by atoms with Crippen LogP contribution in [-0.2, 0) is 33.6 Å². The van der Waals surface area contributed by atoms with Crippen molar-refractivity contribution in [3.63, 3.8) is 0 Å². The number of aryl methyl sites for hydroxylation is 1. The number of hydrogen-bond donors (Lipinski definition) is 0. The van der Waals surface area contributed by atoms with Crippen molar-refractivity contribution in [1.82, 2.24) is 0 Å². The van der Waals surface area contributed by atoms with Crippen LogP contribution in [0.5, 0.6) is 0 Å². The Kier molecular flexibility index (Phi) is 5.72. The summed E-state index contributed by atoms with van der Waals surface area (Å²) in [5, 5.41) is 10.1. The molecule has 0 amide bonds. The van der Waals surface area contributed by atoms with Gasteiger partial charge in [0.15, 0.2) is 0 Å². The number of hydrogen-bond acceptors (Lipinski definition) is 2. The quantitative estimate of drug-likeness (QED) is 0.734. The molecule has 68 valence electrons. The van der Waals surface area contributed by atoms with Gasteiger partial charge < -0.3 is 9.90 Å². The van der Waals surface area contributed by atoms with Crippen LogP contribution in [0.2, 0.25) is 0 Å². The number of carboxylic acids is 1. The number of carboxylic acid groups (broad SMARTS) is 1. The van der Waals surface area contributed by atoms with Crippen LogP contribution in [0.25, 0.3) is 0 Å². The largest absolute Gasteiger partial charge is 1.00 e. The van der Waals surface area contributed by atoms with Crippen LogP contribution < -0.4 is 5.11 Å². The summed E-state index contributed by atoms with van der Waals surface area (Å²) < 4.78 is 0. The van der Waals surface area contributed by atoms with Gasteiger partial charge >= 0.3 is 22.4 Å². The van der Waals surface area contributed by atoms with E-state index in [-0.39, 0.29) is 28.8 Å². The SMILES string of the molecule is O=C([O-])CCc1ccccc1.[Ag+]. The van der Waals surface area contributed by atoms with E-state index in [2.05, 4.69) is 0 Å². The standard InChI is InChI=1S/C9H10O2.Ag/c10-9(11)7-6-8-4-2-1-3-5-8;/h1-5H,6-7H2,(H,10,11);/q;+1/p-1. The molecule has 2 nitrogen and oxygen atoms in total. The number of rotatable bonds is 3. The van der Waals surface area contributed by atoms with Crippen LogP contribution >= 0.6 is 0 Å². The second-order valence-corrected chi connectivity index (χ2v) is 2.36. The van der Waals surface area contributed by atoms with Crippen molar-refractivity contribution < 1.29 is 32.3 Å². The Balaban J connectivity index is 0.00000121. The third kappa shape index (κ3) is 4.34. The maximum Gasteiger partial charge on any atom is 1.00 e. The Labute approximate surface area is 87.1 Å². The summed E-state index contributed by atoms with van der Waals surface area (Å²) in [6.07, 6.45) is 0.660. The van der Waals surface area contributed by atoms with E-state index < -0.39 is 5.97 Å². The zero-order valence-electron chi connectivity index (χ0n) is 6.42. The summed E-state index contributed by atoms with van der Waals surface area (Å²) in [6.45, 7) is 0. The van der Waals surface area contributed by atoms with Crippen molar-refractivity contribution in [3.05, 3.63) is 35.9 Å². The molecular formula is C9H9AgO2. The summed E-state index contributed by atoms with van der Waals surface area (Å²) in [4.78, 5) is 10.1. The molecule has 0 aliphatic carbocycles. The molecule has 0 atom stereocenters. The van der Waals surface area contributed by atoms with Crippen LogP contribution in [-0.4, -0.2) is 5.97 Å². The van der Waals surface area contributed by atoms with Crippen LogP contribution in [0.1, 0.15) is 12.0 Å². The fourth-order valence-corrected chi connectivity index (χ4v) is 0.891. The van der Waals surface area contributed by atoms with Crippen molar-refractivity contribution in [2.45, 2.75) is 12.8 Å². The second kappa shape index (κ2) is 6.00. The fraction of sp³-hybridized carbons (Fsp3) is 0.222. The zero-order valence-corrected chi connectivity index (χ0v) is 7.90. The predicted molar refractivity (Wildman–Crippen MR) is 39.8 cm³/mol. The van der Waals surface area contributed by atoms with E-state index in [4.69, 9.17) is 0 Å². The van der Waals surface area contributed by atoms with Gasteiger partial charge in [-0.05, 0) is 18.4 Å². The molecule has 0 aliphatic heterocycles. The first kappa shape index (κ1) is 11.4. The molecule has 3 heteroatoms. The number of aliphatic carboxylic acids is 1. The molecule has 1 aromatic carbocycles. The van der Waals surface area contributed by atoms with Gasteiger partial charge in [-0.25, -0.2) is 0 Å². The first-order valence-corrected chi connectivity index (χ1v) is 3.53. The third-order valence-electron chi connectivity index (χ3n) is 1.46. The van der Waals surface area contributed by atoms with Gasteiger partial charge in [0.2, 0.25) is 0 Å². The Hall–Kier alpha value is -0.570. The van der Waals surface area contributed by atoms with Gasteiger partial charge in [0.25, 0.3) is 0 Å². The minimum Gasteiger partial charge on any atom is -0.550 e. The van der Waals surface area contributed by atoms with Gasteiger partial charge in [-0.3, -0.25) is 0 Å². The summed E-state index contributed by atoms with van der Waals surface area (Å²) in [6, 6.07) is 9.50. The van der Waals surface area contributed by atoms with Crippen molar-refractivity contribution in [1.29, 1.82) is 0 Å². The molecule has 0 radical (unpaired) electrons. The Bertz CT molecular complexity index is 234. The molecule has 0 bridgehead atoms. The minimum absolute atomic E-state index is 0.